The number of hydrogen-bond donors (Lipinski definition) is 1. The Kier molecular flexibility index (Phi) is 5.82. The second-order valence-electron chi connectivity index (χ2n) is 4.65. The van der Waals surface area contributed by atoms with Crippen LogP contribution in [0.15, 0.2) is 28.7 Å². The van der Waals surface area contributed by atoms with E-state index in [9.17, 15) is 4.79 Å². The Labute approximate surface area is 117 Å². The molecule has 0 saturated carbocycles. The normalized spacial score (nSPS) is 14.5. The van der Waals surface area contributed by atoms with Gasteiger partial charge in [-0.05, 0) is 31.2 Å². The molecule has 0 aliphatic rings. The van der Waals surface area contributed by atoms with E-state index in [1.807, 2.05) is 19.2 Å². The largest absolute Gasteiger partial charge is 0.481 e. The van der Waals surface area contributed by atoms with Crippen molar-refractivity contribution in [1.29, 1.82) is 0 Å². The first-order valence-corrected chi connectivity index (χ1v) is 6.93. The molecule has 4 heteroatoms. The van der Waals surface area contributed by atoms with Crippen LogP contribution in [0.3, 0.4) is 0 Å². The van der Waals surface area contributed by atoms with Gasteiger partial charge in [0.05, 0.1) is 5.92 Å². The fourth-order valence-electron chi connectivity index (χ4n) is 2.12. The van der Waals surface area contributed by atoms with Gasteiger partial charge in [-0.3, -0.25) is 9.69 Å². The zero-order valence-electron chi connectivity index (χ0n) is 11.1. The van der Waals surface area contributed by atoms with Gasteiger partial charge in [0.2, 0.25) is 0 Å². The summed E-state index contributed by atoms with van der Waals surface area (Å²) in [4.78, 5) is 13.0. The first-order chi connectivity index (χ1) is 8.45. The predicted molar refractivity (Wildman–Crippen MR) is 76.6 cm³/mol. The SMILES string of the molecule is CCC(c1ccc(Br)cc1)N(C)CC(C)C(=O)O. The molecule has 0 saturated heterocycles. The van der Waals surface area contributed by atoms with Gasteiger partial charge in [0, 0.05) is 17.1 Å². The summed E-state index contributed by atoms with van der Waals surface area (Å²) in [6.07, 6.45) is 0.963. The van der Waals surface area contributed by atoms with Crippen molar-refractivity contribution in [3.05, 3.63) is 34.3 Å². The fourth-order valence-corrected chi connectivity index (χ4v) is 2.39. The summed E-state index contributed by atoms with van der Waals surface area (Å²) < 4.78 is 1.06. The summed E-state index contributed by atoms with van der Waals surface area (Å²) >= 11 is 3.42. The smallest absolute Gasteiger partial charge is 0.307 e. The molecule has 0 aliphatic carbocycles. The van der Waals surface area contributed by atoms with Crippen LogP contribution in [0, 0.1) is 5.92 Å². The molecule has 1 aromatic carbocycles. The topological polar surface area (TPSA) is 40.5 Å². The van der Waals surface area contributed by atoms with Crippen molar-refractivity contribution in [3.8, 4) is 0 Å². The van der Waals surface area contributed by atoms with Crippen molar-refractivity contribution in [1.82, 2.24) is 4.90 Å². The number of carboxylic acids is 1. The van der Waals surface area contributed by atoms with Gasteiger partial charge in [-0.2, -0.15) is 0 Å². The van der Waals surface area contributed by atoms with Crippen LogP contribution < -0.4 is 0 Å². The number of hydrogen-bond acceptors (Lipinski definition) is 2. The van der Waals surface area contributed by atoms with E-state index in [2.05, 4.69) is 39.9 Å². The van der Waals surface area contributed by atoms with Gasteiger partial charge in [-0.1, -0.05) is 41.9 Å². The number of benzene rings is 1. The lowest BCUT2D eigenvalue weighted by Crippen LogP contribution is -2.31. The summed E-state index contributed by atoms with van der Waals surface area (Å²) in [5.41, 5.74) is 1.22. The van der Waals surface area contributed by atoms with E-state index in [1.165, 1.54) is 5.56 Å². The maximum absolute atomic E-state index is 10.9. The van der Waals surface area contributed by atoms with Crippen LogP contribution in [0.5, 0.6) is 0 Å². The van der Waals surface area contributed by atoms with Gasteiger partial charge in [0.1, 0.15) is 0 Å². The molecule has 0 spiro atoms. The highest BCUT2D eigenvalue weighted by atomic mass is 79.9. The third kappa shape index (κ3) is 4.10. The van der Waals surface area contributed by atoms with E-state index < -0.39 is 5.97 Å². The summed E-state index contributed by atoms with van der Waals surface area (Å²) in [5, 5.41) is 8.96. The summed E-state index contributed by atoms with van der Waals surface area (Å²) in [5.74, 6) is -1.09. The molecule has 3 nitrogen and oxygen atoms in total. The van der Waals surface area contributed by atoms with E-state index in [0.29, 0.717) is 6.54 Å². The lowest BCUT2D eigenvalue weighted by Gasteiger charge is -2.29. The Morgan fingerprint density at radius 1 is 1.39 bits per heavy atom. The molecule has 1 rings (SSSR count). The quantitative estimate of drug-likeness (QED) is 0.873. The van der Waals surface area contributed by atoms with Crippen molar-refractivity contribution >= 4 is 21.9 Å². The summed E-state index contributed by atoms with van der Waals surface area (Å²) in [6, 6.07) is 8.47. The molecule has 0 aliphatic heterocycles. The Bertz CT molecular complexity index is 391. The van der Waals surface area contributed by atoms with Crippen LogP contribution in [-0.4, -0.2) is 29.6 Å². The minimum Gasteiger partial charge on any atom is -0.481 e. The highest BCUT2D eigenvalue weighted by molar-refractivity contribution is 9.10. The molecule has 1 aromatic rings. The molecule has 0 radical (unpaired) electrons. The van der Waals surface area contributed by atoms with Crippen molar-refractivity contribution in [2.75, 3.05) is 13.6 Å². The van der Waals surface area contributed by atoms with Gasteiger partial charge in [-0.25, -0.2) is 0 Å². The van der Waals surface area contributed by atoms with Crippen LogP contribution >= 0.6 is 15.9 Å². The maximum atomic E-state index is 10.9. The lowest BCUT2D eigenvalue weighted by molar-refractivity contribution is -0.141. The van der Waals surface area contributed by atoms with Gasteiger partial charge in [-0.15, -0.1) is 0 Å². The third-order valence-corrected chi connectivity index (χ3v) is 3.69. The number of nitrogens with zero attached hydrogens (tertiary/aromatic N) is 1. The second-order valence-corrected chi connectivity index (χ2v) is 5.57. The Hall–Kier alpha value is -0.870. The molecule has 2 unspecified atom stereocenters. The molecule has 18 heavy (non-hydrogen) atoms. The van der Waals surface area contributed by atoms with Crippen molar-refractivity contribution in [2.45, 2.75) is 26.3 Å². The van der Waals surface area contributed by atoms with Crippen molar-refractivity contribution in [2.24, 2.45) is 5.92 Å². The van der Waals surface area contributed by atoms with E-state index in [-0.39, 0.29) is 12.0 Å². The minimum atomic E-state index is -0.743. The Morgan fingerprint density at radius 3 is 2.39 bits per heavy atom. The van der Waals surface area contributed by atoms with Crippen molar-refractivity contribution < 1.29 is 9.90 Å². The lowest BCUT2D eigenvalue weighted by atomic mass is 10.0. The summed E-state index contributed by atoms with van der Waals surface area (Å²) in [7, 11) is 1.98. The summed E-state index contributed by atoms with van der Waals surface area (Å²) in [6.45, 7) is 4.42. The van der Waals surface area contributed by atoms with Crippen LogP contribution in [0.2, 0.25) is 0 Å². The van der Waals surface area contributed by atoms with Gasteiger partial charge in [0.25, 0.3) is 0 Å². The highest BCUT2D eigenvalue weighted by Crippen LogP contribution is 2.25. The monoisotopic (exact) mass is 313 g/mol. The number of rotatable bonds is 6. The Morgan fingerprint density at radius 2 is 1.94 bits per heavy atom. The minimum absolute atomic E-state index is 0.264. The van der Waals surface area contributed by atoms with E-state index in [4.69, 9.17) is 5.11 Å². The first kappa shape index (κ1) is 15.2. The molecule has 0 aromatic heterocycles. The average molecular weight is 314 g/mol. The van der Waals surface area contributed by atoms with Crippen LogP contribution in [0.1, 0.15) is 31.9 Å². The Balaban J connectivity index is 2.76. The molecular formula is C14H20BrNO2. The predicted octanol–water partition coefficient (Wildman–Crippen LogP) is 3.55. The standard InChI is InChI=1S/C14H20BrNO2/c1-4-13(11-5-7-12(15)8-6-11)16(3)9-10(2)14(17)18/h5-8,10,13H,4,9H2,1-3H3,(H,17,18). The zero-order chi connectivity index (χ0) is 13.7. The van der Waals surface area contributed by atoms with Crippen LogP contribution in [0.25, 0.3) is 0 Å². The molecule has 0 amide bonds. The van der Waals surface area contributed by atoms with Gasteiger partial charge < -0.3 is 5.11 Å². The van der Waals surface area contributed by atoms with Gasteiger partial charge >= 0.3 is 5.97 Å². The van der Waals surface area contributed by atoms with Gasteiger partial charge in [0.15, 0.2) is 0 Å². The maximum Gasteiger partial charge on any atom is 0.307 e. The third-order valence-electron chi connectivity index (χ3n) is 3.16. The number of halogens is 1. The molecule has 2 atom stereocenters. The van der Waals surface area contributed by atoms with Crippen molar-refractivity contribution in [3.63, 3.8) is 0 Å². The fraction of sp³-hybridized carbons (Fsp3) is 0.500. The second kappa shape index (κ2) is 6.90. The molecule has 1 N–H and O–H groups in total. The van der Waals surface area contributed by atoms with E-state index >= 15 is 0 Å². The molecule has 0 fully saturated rings. The highest BCUT2D eigenvalue weighted by Gasteiger charge is 2.20. The van der Waals surface area contributed by atoms with Crippen LogP contribution in [0.4, 0.5) is 0 Å². The molecule has 100 valence electrons. The average Bonchev–Trinajstić information content (AvgIpc) is 2.32. The van der Waals surface area contributed by atoms with E-state index in [0.717, 1.165) is 10.9 Å². The number of carboxylic acid groups (broad SMARTS) is 1. The molecular weight excluding hydrogens is 294 g/mol. The zero-order valence-corrected chi connectivity index (χ0v) is 12.6. The van der Waals surface area contributed by atoms with Crippen LogP contribution in [-0.2, 0) is 4.79 Å². The number of carbonyl (C=O) groups is 1. The molecule has 0 bridgehead atoms. The first-order valence-electron chi connectivity index (χ1n) is 6.14. The van der Waals surface area contributed by atoms with E-state index in [1.54, 1.807) is 6.92 Å². The number of aliphatic carboxylic acids is 1. The molecule has 0 heterocycles.